The van der Waals surface area contributed by atoms with Gasteiger partial charge >= 0.3 is 0 Å². The van der Waals surface area contributed by atoms with Crippen molar-refractivity contribution in [3.05, 3.63) is 231 Å². The Labute approximate surface area is 464 Å². The third-order valence-corrected chi connectivity index (χ3v) is 18.8. The Morgan fingerprint density at radius 1 is 0.275 bits per heavy atom. The van der Waals surface area contributed by atoms with E-state index in [0.29, 0.717) is 60.6 Å². The summed E-state index contributed by atoms with van der Waals surface area (Å²) >= 11 is 0. The van der Waals surface area contributed by atoms with Gasteiger partial charge in [0.05, 0.1) is 64.9 Å². The number of benzene rings is 8. The predicted molar refractivity (Wildman–Crippen MR) is 297 cm³/mol. The molecule has 16 nitrogen and oxygen atoms in total. The Kier molecular flexibility index (Phi) is 18.8. The smallest absolute Gasteiger partial charge is 0.206 e. The van der Waals surface area contributed by atoms with Gasteiger partial charge in [-0.3, -0.25) is 0 Å². The van der Waals surface area contributed by atoms with E-state index in [0.717, 1.165) is 0 Å². The molecule has 80 heavy (non-hydrogen) atoms. The van der Waals surface area contributed by atoms with Crippen LogP contribution in [0, 0.1) is 0 Å². The van der Waals surface area contributed by atoms with Crippen molar-refractivity contribution in [1.82, 2.24) is 0 Å². The molecular formula is C60H52O16S4. The fourth-order valence-electron chi connectivity index (χ4n) is 7.35. The summed E-state index contributed by atoms with van der Waals surface area (Å²) in [6.07, 6.45) is 10.8. The van der Waals surface area contributed by atoms with E-state index in [1.54, 1.807) is 97.1 Å². The summed E-state index contributed by atoms with van der Waals surface area (Å²) in [4.78, 5) is 0.643. The van der Waals surface area contributed by atoms with Crippen LogP contribution < -0.4 is 28.4 Å². The molecule has 0 unspecified atom stereocenters. The Morgan fingerprint density at radius 2 is 0.487 bits per heavy atom. The maximum absolute atomic E-state index is 13.3. The molecule has 0 radical (unpaired) electrons. The summed E-state index contributed by atoms with van der Waals surface area (Å²) in [5, 5.41) is 18.9. The minimum Gasteiger partial charge on any atom is -0.508 e. The zero-order valence-electron chi connectivity index (χ0n) is 42.4. The molecule has 0 aromatic heterocycles. The highest BCUT2D eigenvalue weighted by atomic mass is 32.2. The predicted octanol–water partition coefficient (Wildman–Crippen LogP) is 11.2. The molecule has 0 bridgehead atoms. The molecule has 0 aliphatic heterocycles. The highest BCUT2D eigenvalue weighted by molar-refractivity contribution is 7.92. The lowest BCUT2D eigenvalue weighted by Crippen LogP contribution is -2.03. The van der Waals surface area contributed by atoms with E-state index in [1.165, 1.54) is 134 Å². The van der Waals surface area contributed by atoms with Crippen LogP contribution in [0.1, 0.15) is 12.8 Å². The summed E-state index contributed by atoms with van der Waals surface area (Å²) in [6, 6.07) is 46.7. The second-order valence-electron chi connectivity index (χ2n) is 17.2. The van der Waals surface area contributed by atoms with E-state index in [4.69, 9.17) is 28.4 Å². The highest BCUT2D eigenvalue weighted by Crippen LogP contribution is 2.29. The Hall–Kier alpha value is -8.82. The molecule has 0 amide bonds. The topological polar surface area (TPSA) is 232 Å². The van der Waals surface area contributed by atoms with Crippen molar-refractivity contribution in [1.29, 1.82) is 0 Å². The fourth-order valence-corrected chi connectivity index (χ4v) is 12.4. The Balaban J connectivity index is 0.697. The molecule has 0 saturated carbocycles. The number of rotatable bonds is 26. The molecule has 412 valence electrons. The average molecular weight is 1160 g/mol. The Bertz CT molecular complexity index is 3630. The van der Waals surface area contributed by atoms with E-state index in [2.05, 4.69) is 0 Å². The van der Waals surface area contributed by atoms with Crippen LogP contribution in [0.25, 0.3) is 0 Å². The van der Waals surface area contributed by atoms with Crippen LogP contribution in [0.5, 0.6) is 46.0 Å². The first-order chi connectivity index (χ1) is 38.5. The minimum absolute atomic E-state index is 0.0285. The van der Waals surface area contributed by atoms with Crippen molar-refractivity contribution in [3.8, 4) is 46.0 Å². The summed E-state index contributed by atoms with van der Waals surface area (Å²) in [6.45, 7) is 0.935. The lowest BCUT2D eigenvalue weighted by Gasteiger charge is -2.08. The maximum atomic E-state index is 13.3. The first-order valence-electron chi connectivity index (χ1n) is 24.5. The van der Waals surface area contributed by atoms with Crippen molar-refractivity contribution < 1.29 is 72.3 Å². The van der Waals surface area contributed by atoms with Gasteiger partial charge < -0.3 is 38.6 Å². The normalized spacial score (nSPS) is 12.2. The molecule has 8 aromatic rings. The molecule has 2 N–H and O–H groups in total. The van der Waals surface area contributed by atoms with Crippen LogP contribution in [0.2, 0.25) is 0 Å². The van der Waals surface area contributed by atoms with E-state index in [-0.39, 0.29) is 63.9 Å². The van der Waals surface area contributed by atoms with Gasteiger partial charge in [0.1, 0.15) is 59.2 Å². The van der Waals surface area contributed by atoms with Crippen LogP contribution in [0.15, 0.2) is 270 Å². The second-order valence-corrected chi connectivity index (χ2v) is 25.0. The third-order valence-electron chi connectivity index (χ3n) is 11.7. The maximum Gasteiger partial charge on any atom is 0.206 e. The van der Waals surface area contributed by atoms with Crippen LogP contribution in [0.3, 0.4) is 0 Å². The molecule has 0 aliphatic rings. The van der Waals surface area contributed by atoms with Crippen molar-refractivity contribution in [2.24, 2.45) is 0 Å². The molecule has 0 aliphatic carbocycles. The standard InChI is InChI=1S/C60H52O16S4/c61-45-7-23-53(24-8-45)77(63,64)55-27-11-47(12-28-55)71-39-1-3-41-73-49-15-31-57(32-16-49)79(67,68)59-35-19-51(20-36-59)75-43-5-6-44-76-52-21-37-60(38-22-52)80(69,70)58-33-17-50(18-34-58)74-42-4-2-40-72-48-13-29-56(30-14-48)78(65,66)54-25-9-46(62)10-26-54/h3-38,41-42,61-62H,1-2,39-40,43-44H2/b6-5?,41-3+,42-4?. The molecule has 0 spiro atoms. The van der Waals surface area contributed by atoms with Gasteiger partial charge in [-0.2, -0.15) is 0 Å². The first-order valence-corrected chi connectivity index (χ1v) is 30.4. The number of sulfone groups is 4. The monoisotopic (exact) mass is 1160 g/mol. The number of phenolic OH excluding ortho intramolecular Hbond substituents is 2. The Morgan fingerprint density at radius 3 is 0.738 bits per heavy atom. The largest absolute Gasteiger partial charge is 0.508 e. The molecule has 0 atom stereocenters. The number of hydrogen-bond donors (Lipinski definition) is 2. The molecule has 8 rings (SSSR count). The van der Waals surface area contributed by atoms with Crippen molar-refractivity contribution in [2.45, 2.75) is 52.0 Å². The van der Waals surface area contributed by atoms with Crippen LogP contribution >= 0.6 is 0 Å². The molecule has 0 heterocycles. The summed E-state index contributed by atoms with van der Waals surface area (Å²) in [5.74, 6) is 2.66. The van der Waals surface area contributed by atoms with Gasteiger partial charge in [0.25, 0.3) is 0 Å². The number of hydrogen-bond acceptors (Lipinski definition) is 16. The molecular weight excluding hydrogens is 1100 g/mol. The van der Waals surface area contributed by atoms with E-state index >= 15 is 0 Å². The molecule has 0 fully saturated rings. The van der Waals surface area contributed by atoms with E-state index < -0.39 is 39.3 Å². The second kappa shape index (κ2) is 26.2. The average Bonchev–Trinajstić information content (AvgIpc) is 3.47. The molecule has 20 heteroatoms. The number of aromatic hydroxyl groups is 2. The van der Waals surface area contributed by atoms with Gasteiger partial charge in [-0.15, -0.1) is 0 Å². The van der Waals surface area contributed by atoms with Crippen LogP contribution in [0.4, 0.5) is 0 Å². The van der Waals surface area contributed by atoms with Gasteiger partial charge in [-0.05, 0) is 218 Å². The fraction of sp³-hybridized carbons (Fsp3) is 0.100. The summed E-state index contributed by atoms with van der Waals surface area (Å²) in [5.41, 5.74) is 0. The SMILES string of the molecule is O=S(=O)(c1ccc(OC=CCCOc2ccc(S(=O)(=O)c3ccc(O)cc3)cc2)cc1)c1ccc(OCC=CCOc2ccc(S(=O)(=O)c3ccc(O/C=C/CCOc4ccc(S(=O)(=O)c5ccc(O)cc5)cc4)cc3)cc2)cc1. The zero-order valence-corrected chi connectivity index (χ0v) is 45.7. The lowest BCUT2D eigenvalue weighted by molar-refractivity contribution is 0.323. The summed E-state index contributed by atoms with van der Waals surface area (Å²) in [7, 11) is -15.2. The molecule has 0 saturated heterocycles. The van der Waals surface area contributed by atoms with Gasteiger partial charge in [0, 0.05) is 12.8 Å². The van der Waals surface area contributed by atoms with Crippen molar-refractivity contribution in [3.63, 3.8) is 0 Å². The van der Waals surface area contributed by atoms with E-state index in [1.807, 2.05) is 0 Å². The quantitative estimate of drug-likeness (QED) is 0.0291. The number of phenols is 2. The van der Waals surface area contributed by atoms with E-state index in [9.17, 15) is 43.9 Å². The van der Waals surface area contributed by atoms with Gasteiger partial charge in [0.2, 0.25) is 39.3 Å². The first kappa shape index (κ1) is 57.4. The van der Waals surface area contributed by atoms with Crippen molar-refractivity contribution >= 4 is 39.3 Å². The minimum atomic E-state index is -3.84. The lowest BCUT2D eigenvalue weighted by atomic mass is 10.3. The number of ether oxygens (including phenoxy) is 6. The zero-order chi connectivity index (χ0) is 56.6. The van der Waals surface area contributed by atoms with Gasteiger partial charge in [-0.1, -0.05) is 0 Å². The highest BCUT2D eigenvalue weighted by Gasteiger charge is 2.21. The van der Waals surface area contributed by atoms with Crippen LogP contribution in [-0.4, -0.2) is 70.3 Å². The van der Waals surface area contributed by atoms with Gasteiger partial charge in [0.15, 0.2) is 0 Å². The van der Waals surface area contributed by atoms with Crippen molar-refractivity contribution in [2.75, 3.05) is 26.4 Å². The summed E-state index contributed by atoms with van der Waals surface area (Å²) < 4.78 is 139. The van der Waals surface area contributed by atoms with Crippen LogP contribution in [-0.2, 0) is 39.3 Å². The van der Waals surface area contributed by atoms with Gasteiger partial charge in [-0.25, -0.2) is 33.7 Å². The molecule has 8 aromatic carbocycles. The third kappa shape index (κ3) is 15.0.